The highest BCUT2D eigenvalue weighted by atomic mass is 16.5. The zero-order valence-electron chi connectivity index (χ0n) is 27.6. The summed E-state index contributed by atoms with van der Waals surface area (Å²) >= 11 is 0. The van der Waals surface area contributed by atoms with Crippen LogP contribution >= 0.6 is 0 Å². The Morgan fingerprint density at radius 1 is 1.04 bits per heavy atom. The first-order chi connectivity index (χ1) is 22.3. The number of carbonyl (C=O) groups excluding carboxylic acids is 3. The van der Waals surface area contributed by atoms with Gasteiger partial charge in [-0.15, -0.1) is 13.2 Å². The Balaban J connectivity index is 1.56. The van der Waals surface area contributed by atoms with Crippen molar-refractivity contribution in [2.75, 3.05) is 65.6 Å². The Morgan fingerprint density at radius 3 is 2.33 bits per heavy atom. The molecule has 2 bridgehead atoms. The van der Waals surface area contributed by atoms with E-state index in [1.54, 1.807) is 26.9 Å². The van der Waals surface area contributed by atoms with Crippen LogP contribution in [-0.4, -0.2) is 131 Å². The molecule has 0 saturated carbocycles. The molecule has 6 atom stereocenters. The number of fused-ring (bicyclic) bond motifs is 1. The molecule has 4 aliphatic heterocycles. The second-order valence-electron chi connectivity index (χ2n) is 13.2. The highest BCUT2D eigenvalue weighted by Crippen LogP contribution is 2.65. The fraction of sp³-hybridized carbons (Fsp3) is 0.639. The van der Waals surface area contributed by atoms with Crippen LogP contribution in [0.2, 0.25) is 0 Å². The zero-order chi connectivity index (χ0) is 32.9. The maximum absolute atomic E-state index is 14.9. The average molecular weight is 637 g/mol. The van der Waals surface area contributed by atoms with Crippen molar-refractivity contribution in [3.63, 3.8) is 0 Å². The molecule has 1 spiro atoms. The first kappa shape index (κ1) is 34.3. The van der Waals surface area contributed by atoms with Crippen molar-refractivity contribution >= 4 is 17.7 Å². The second kappa shape index (κ2) is 14.8. The molecule has 0 radical (unpaired) electrons. The van der Waals surface area contributed by atoms with Crippen molar-refractivity contribution in [2.24, 2.45) is 11.8 Å². The van der Waals surface area contributed by atoms with Gasteiger partial charge in [0, 0.05) is 45.8 Å². The minimum Gasteiger partial charge on any atom is -0.394 e. The van der Waals surface area contributed by atoms with Crippen molar-refractivity contribution in [1.29, 1.82) is 0 Å². The van der Waals surface area contributed by atoms with E-state index in [1.165, 1.54) is 0 Å². The van der Waals surface area contributed by atoms with Gasteiger partial charge >= 0.3 is 0 Å². The third-order valence-corrected chi connectivity index (χ3v) is 10.6. The number of aliphatic hydroxyl groups is 1. The van der Waals surface area contributed by atoms with E-state index in [4.69, 9.17) is 9.47 Å². The van der Waals surface area contributed by atoms with E-state index in [-0.39, 0.29) is 24.3 Å². The van der Waals surface area contributed by atoms with Crippen LogP contribution in [0.4, 0.5) is 0 Å². The van der Waals surface area contributed by atoms with Crippen molar-refractivity contribution < 1.29 is 29.0 Å². The fourth-order valence-electron chi connectivity index (χ4n) is 8.46. The highest BCUT2D eigenvalue weighted by Gasteiger charge is 2.79. The molecule has 4 heterocycles. The maximum Gasteiger partial charge on any atom is 0.248 e. The Hall–Kier alpha value is -3.05. The number of carbonyl (C=O) groups is 3. The van der Waals surface area contributed by atoms with E-state index >= 15 is 0 Å². The summed E-state index contributed by atoms with van der Waals surface area (Å²) in [6.45, 7) is 16.8. The number of amides is 3. The molecular formula is C36H52N4O6. The first-order valence-corrected chi connectivity index (χ1v) is 17.1. The van der Waals surface area contributed by atoms with Crippen molar-refractivity contribution in [2.45, 2.75) is 69.2 Å². The molecule has 0 aromatic heterocycles. The van der Waals surface area contributed by atoms with Crippen LogP contribution < -0.4 is 0 Å². The average Bonchev–Trinajstić information content (AvgIpc) is 3.69. The Morgan fingerprint density at radius 2 is 1.72 bits per heavy atom. The molecule has 2 unspecified atom stereocenters. The minimum absolute atomic E-state index is 0.115. The van der Waals surface area contributed by atoms with Gasteiger partial charge in [0.05, 0.1) is 43.3 Å². The third kappa shape index (κ3) is 6.17. The van der Waals surface area contributed by atoms with E-state index in [0.717, 1.165) is 25.1 Å². The van der Waals surface area contributed by atoms with Gasteiger partial charge in [-0.25, -0.2) is 0 Å². The molecule has 1 aromatic rings. The molecule has 46 heavy (non-hydrogen) atoms. The molecule has 4 fully saturated rings. The topological polar surface area (TPSA) is 103 Å². The summed E-state index contributed by atoms with van der Waals surface area (Å²) in [5.74, 6) is -2.14. The lowest BCUT2D eigenvalue weighted by atomic mass is 9.64. The smallest absolute Gasteiger partial charge is 0.248 e. The van der Waals surface area contributed by atoms with Crippen molar-refractivity contribution in [3.8, 4) is 0 Å². The molecule has 10 nitrogen and oxygen atoms in total. The number of rotatable bonds is 16. The SMILES string of the molecule is C=CCN(CCN1CCOCC1)C(=O)C1N([C@@H](CO)Cc2ccccc2)C(=O)[C@@H]2[C@H](C(=O)N(CC=C)CCC)[C@]3(CC)CCC12O3. The Kier molecular flexibility index (Phi) is 11.0. The highest BCUT2D eigenvalue weighted by molar-refractivity contribution is 5.99. The standard InChI is InChI=1S/C36H52N4O6/c1-5-16-38(17-6-2)32(42)29-30-33(43)40(28(26-41)25-27-12-10-9-11-13-27)31(36(30)15-14-35(29,8-4)46-36)34(44)39(18-7-3)20-19-37-21-23-45-24-22-37/h5,7,9-13,28-31,41H,1,3,6,8,14-26H2,2,4H3/t28-,29-,30+,31?,35+,36?/m1/s1. The minimum atomic E-state index is -1.17. The molecule has 10 heteroatoms. The summed E-state index contributed by atoms with van der Waals surface area (Å²) in [7, 11) is 0. The third-order valence-electron chi connectivity index (χ3n) is 10.6. The summed E-state index contributed by atoms with van der Waals surface area (Å²) in [6, 6.07) is 8.07. The summed E-state index contributed by atoms with van der Waals surface area (Å²) in [4.78, 5) is 51.7. The van der Waals surface area contributed by atoms with Crippen LogP contribution in [-0.2, 0) is 30.3 Å². The van der Waals surface area contributed by atoms with Crippen molar-refractivity contribution in [1.82, 2.24) is 19.6 Å². The van der Waals surface area contributed by atoms with Gasteiger partial charge < -0.3 is 29.3 Å². The summed E-state index contributed by atoms with van der Waals surface area (Å²) < 4.78 is 12.6. The van der Waals surface area contributed by atoms with Gasteiger partial charge in [0.2, 0.25) is 17.7 Å². The fourth-order valence-corrected chi connectivity index (χ4v) is 8.46. The van der Waals surface area contributed by atoms with E-state index in [0.29, 0.717) is 71.6 Å². The predicted molar refractivity (Wildman–Crippen MR) is 176 cm³/mol. The van der Waals surface area contributed by atoms with Crippen LogP contribution in [0.1, 0.15) is 45.1 Å². The molecule has 4 saturated heterocycles. The van der Waals surface area contributed by atoms with Gasteiger partial charge in [-0.1, -0.05) is 56.3 Å². The lowest BCUT2D eigenvalue weighted by Crippen LogP contribution is -2.60. The molecule has 252 valence electrons. The largest absolute Gasteiger partial charge is 0.394 e. The van der Waals surface area contributed by atoms with E-state index in [2.05, 4.69) is 18.1 Å². The molecule has 1 N–H and O–H groups in total. The van der Waals surface area contributed by atoms with Crippen LogP contribution in [0.25, 0.3) is 0 Å². The van der Waals surface area contributed by atoms with E-state index in [9.17, 15) is 19.5 Å². The quantitative estimate of drug-likeness (QED) is 0.278. The number of aliphatic hydroxyl groups excluding tert-OH is 1. The number of nitrogens with zero attached hydrogens (tertiary/aromatic N) is 4. The Labute approximate surface area is 274 Å². The zero-order valence-corrected chi connectivity index (χ0v) is 27.6. The van der Waals surface area contributed by atoms with Crippen LogP contribution in [0.5, 0.6) is 0 Å². The normalized spacial score (nSPS) is 29.4. The lowest BCUT2D eigenvalue weighted by molar-refractivity contribution is -0.158. The molecule has 3 amide bonds. The molecule has 1 aromatic carbocycles. The number of morpholine rings is 1. The predicted octanol–water partition coefficient (Wildman–Crippen LogP) is 2.52. The van der Waals surface area contributed by atoms with Gasteiger partial charge in [0.25, 0.3) is 0 Å². The number of benzene rings is 1. The summed E-state index contributed by atoms with van der Waals surface area (Å²) in [5.41, 5.74) is -1.05. The van der Waals surface area contributed by atoms with Crippen LogP contribution in [0.15, 0.2) is 55.6 Å². The van der Waals surface area contributed by atoms with E-state index < -0.39 is 35.1 Å². The molecule has 0 aliphatic carbocycles. The van der Waals surface area contributed by atoms with Crippen LogP contribution in [0, 0.1) is 11.8 Å². The van der Waals surface area contributed by atoms with Gasteiger partial charge in [0.1, 0.15) is 11.6 Å². The summed E-state index contributed by atoms with van der Waals surface area (Å²) in [5, 5.41) is 10.8. The number of likely N-dealkylation sites (tertiary alicyclic amines) is 1. The second-order valence-corrected chi connectivity index (χ2v) is 13.2. The van der Waals surface area contributed by atoms with Crippen LogP contribution in [0.3, 0.4) is 0 Å². The van der Waals surface area contributed by atoms with Gasteiger partial charge in [-0.05, 0) is 37.7 Å². The van der Waals surface area contributed by atoms with E-state index in [1.807, 2.05) is 44.2 Å². The van der Waals surface area contributed by atoms with Gasteiger partial charge in [-0.2, -0.15) is 0 Å². The summed E-state index contributed by atoms with van der Waals surface area (Å²) in [6.07, 6.45) is 6.23. The van der Waals surface area contributed by atoms with Gasteiger partial charge in [0.15, 0.2) is 0 Å². The Bertz CT molecular complexity index is 1250. The molecule has 5 rings (SSSR count). The van der Waals surface area contributed by atoms with Gasteiger partial charge in [-0.3, -0.25) is 19.3 Å². The molecule has 4 aliphatic rings. The number of hydrogen-bond acceptors (Lipinski definition) is 7. The monoisotopic (exact) mass is 636 g/mol. The number of hydrogen-bond donors (Lipinski definition) is 1. The first-order valence-electron chi connectivity index (χ1n) is 17.1. The number of ether oxygens (including phenoxy) is 2. The van der Waals surface area contributed by atoms with Crippen molar-refractivity contribution in [3.05, 3.63) is 61.2 Å². The molecular weight excluding hydrogens is 584 g/mol. The maximum atomic E-state index is 14.9. The lowest BCUT2D eigenvalue weighted by Gasteiger charge is -2.40.